The molecule has 2 saturated heterocycles. The van der Waals surface area contributed by atoms with Crippen molar-refractivity contribution < 1.29 is 19.1 Å². The summed E-state index contributed by atoms with van der Waals surface area (Å²) in [6.07, 6.45) is 8.44. The van der Waals surface area contributed by atoms with Crippen LogP contribution in [-0.4, -0.2) is 92.8 Å². The number of ether oxygens (including phenoxy) is 2. The van der Waals surface area contributed by atoms with E-state index in [4.69, 9.17) is 9.47 Å². The Kier molecular flexibility index (Phi) is 7.31. The normalized spacial score (nSPS) is 21.9. The molecule has 0 aromatic carbocycles. The Morgan fingerprint density at radius 3 is 1.71 bits per heavy atom. The van der Waals surface area contributed by atoms with Crippen molar-refractivity contribution in [3.05, 3.63) is 36.9 Å². The molecule has 2 fully saturated rings. The van der Waals surface area contributed by atoms with Crippen molar-refractivity contribution in [2.24, 2.45) is 0 Å². The van der Waals surface area contributed by atoms with E-state index in [9.17, 15) is 9.59 Å². The molecule has 168 valence electrons. The average molecular weight is 431 g/mol. The maximum Gasteiger partial charge on any atom is 0.222 e. The number of amides is 2. The van der Waals surface area contributed by atoms with E-state index < -0.39 is 0 Å². The van der Waals surface area contributed by atoms with Crippen LogP contribution in [0.1, 0.15) is 19.3 Å². The lowest BCUT2D eigenvalue weighted by molar-refractivity contribution is -0.141. The van der Waals surface area contributed by atoms with E-state index in [0.29, 0.717) is 71.7 Å². The van der Waals surface area contributed by atoms with E-state index in [2.05, 4.69) is 10.2 Å². The van der Waals surface area contributed by atoms with Crippen LogP contribution < -0.4 is 0 Å². The Hall–Kier alpha value is -2.72. The number of hydrogen-bond donors (Lipinski definition) is 0. The first-order valence-electron chi connectivity index (χ1n) is 10.9. The summed E-state index contributed by atoms with van der Waals surface area (Å²) in [5.41, 5.74) is 0. The molecular formula is C21H30N6O4. The summed E-state index contributed by atoms with van der Waals surface area (Å²) in [5.74, 6) is 0.167. The van der Waals surface area contributed by atoms with Crippen molar-refractivity contribution in [2.45, 2.75) is 44.6 Å². The van der Waals surface area contributed by atoms with E-state index in [1.165, 1.54) is 0 Å². The summed E-state index contributed by atoms with van der Waals surface area (Å²) in [4.78, 5) is 28.9. The summed E-state index contributed by atoms with van der Waals surface area (Å²) in [6, 6.07) is 3.74. The average Bonchev–Trinajstić information content (AvgIpc) is 3.48. The van der Waals surface area contributed by atoms with Crippen LogP contribution in [-0.2, 0) is 32.2 Å². The first-order valence-corrected chi connectivity index (χ1v) is 10.9. The van der Waals surface area contributed by atoms with Crippen LogP contribution in [0.15, 0.2) is 36.9 Å². The van der Waals surface area contributed by atoms with Crippen molar-refractivity contribution in [1.82, 2.24) is 29.4 Å². The Morgan fingerprint density at radius 2 is 1.29 bits per heavy atom. The number of rotatable bonds is 8. The second-order valence-corrected chi connectivity index (χ2v) is 7.97. The number of aromatic nitrogens is 4. The molecule has 2 aromatic heterocycles. The molecule has 2 unspecified atom stereocenters. The molecule has 10 nitrogen and oxygen atoms in total. The molecule has 4 heterocycles. The molecule has 0 bridgehead atoms. The van der Waals surface area contributed by atoms with Gasteiger partial charge in [-0.1, -0.05) is 0 Å². The molecule has 2 aliphatic heterocycles. The van der Waals surface area contributed by atoms with Gasteiger partial charge in [-0.25, -0.2) is 0 Å². The van der Waals surface area contributed by atoms with Crippen molar-refractivity contribution >= 4 is 11.8 Å². The van der Waals surface area contributed by atoms with Gasteiger partial charge in [0.25, 0.3) is 0 Å². The van der Waals surface area contributed by atoms with Crippen LogP contribution >= 0.6 is 0 Å². The minimum absolute atomic E-state index is 0.0562. The zero-order valence-corrected chi connectivity index (χ0v) is 17.7. The summed E-state index contributed by atoms with van der Waals surface area (Å²) in [6.45, 7) is 4.64. The number of carbonyl (C=O) groups excluding carboxylic acids is 2. The van der Waals surface area contributed by atoms with E-state index in [1.54, 1.807) is 12.4 Å². The SMILES string of the molecule is O=C(CCCC(=O)N1CCOC(Cn2cccn2)C1)N1CCOC(Cn2cccn2)C1. The topological polar surface area (TPSA) is 94.7 Å². The van der Waals surface area contributed by atoms with E-state index >= 15 is 0 Å². The molecule has 0 spiro atoms. The Bertz CT molecular complexity index is 757. The molecule has 31 heavy (non-hydrogen) atoms. The summed E-state index contributed by atoms with van der Waals surface area (Å²) < 4.78 is 15.2. The molecule has 0 saturated carbocycles. The van der Waals surface area contributed by atoms with Crippen LogP contribution in [0.4, 0.5) is 0 Å². The van der Waals surface area contributed by atoms with Crippen molar-refractivity contribution in [3.8, 4) is 0 Å². The molecule has 0 radical (unpaired) electrons. The molecule has 0 aliphatic carbocycles. The second-order valence-electron chi connectivity index (χ2n) is 7.97. The van der Waals surface area contributed by atoms with Crippen LogP contribution in [0.25, 0.3) is 0 Å². The number of carbonyl (C=O) groups is 2. The smallest absolute Gasteiger partial charge is 0.222 e. The highest BCUT2D eigenvalue weighted by Gasteiger charge is 2.26. The van der Waals surface area contributed by atoms with Crippen LogP contribution in [0.3, 0.4) is 0 Å². The van der Waals surface area contributed by atoms with Crippen LogP contribution in [0.2, 0.25) is 0 Å². The molecule has 4 rings (SSSR count). The molecule has 2 aromatic rings. The molecule has 2 aliphatic rings. The minimum atomic E-state index is -0.0562. The maximum absolute atomic E-state index is 12.6. The van der Waals surface area contributed by atoms with Crippen molar-refractivity contribution in [3.63, 3.8) is 0 Å². The molecule has 0 N–H and O–H groups in total. The van der Waals surface area contributed by atoms with Crippen LogP contribution in [0.5, 0.6) is 0 Å². The zero-order valence-electron chi connectivity index (χ0n) is 17.7. The first-order chi connectivity index (χ1) is 15.2. The highest BCUT2D eigenvalue weighted by molar-refractivity contribution is 5.79. The van der Waals surface area contributed by atoms with Crippen LogP contribution in [0, 0.1) is 0 Å². The van der Waals surface area contributed by atoms with Gasteiger partial charge in [0.05, 0.1) is 38.5 Å². The summed E-state index contributed by atoms with van der Waals surface area (Å²) >= 11 is 0. The quantitative estimate of drug-likeness (QED) is 0.602. The summed E-state index contributed by atoms with van der Waals surface area (Å²) in [5, 5.41) is 8.39. The van der Waals surface area contributed by atoms with Gasteiger partial charge in [-0.3, -0.25) is 19.0 Å². The third-order valence-corrected chi connectivity index (χ3v) is 5.66. The number of nitrogens with zero attached hydrogens (tertiary/aromatic N) is 6. The monoisotopic (exact) mass is 430 g/mol. The number of morpholine rings is 2. The lowest BCUT2D eigenvalue weighted by Gasteiger charge is -2.34. The fourth-order valence-corrected chi connectivity index (χ4v) is 4.05. The van der Waals surface area contributed by atoms with Gasteiger partial charge in [-0.15, -0.1) is 0 Å². The van der Waals surface area contributed by atoms with Gasteiger partial charge in [0.1, 0.15) is 0 Å². The predicted octanol–water partition coefficient (Wildman–Crippen LogP) is 0.405. The van der Waals surface area contributed by atoms with E-state index in [1.807, 2.05) is 43.7 Å². The van der Waals surface area contributed by atoms with Gasteiger partial charge in [-0.05, 0) is 18.6 Å². The van der Waals surface area contributed by atoms with E-state index in [-0.39, 0.29) is 24.0 Å². The first kappa shape index (κ1) is 21.5. The van der Waals surface area contributed by atoms with Gasteiger partial charge in [-0.2, -0.15) is 10.2 Å². The second kappa shape index (κ2) is 10.5. The Balaban J connectivity index is 1.17. The van der Waals surface area contributed by atoms with Gasteiger partial charge in [0, 0.05) is 63.8 Å². The molecular weight excluding hydrogens is 400 g/mol. The highest BCUT2D eigenvalue weighted by atomic mass is 16.5. The standard InChI is InChI=1S/C21H30N6O4/c28-20(24-10-12-30-18(14-24)16-26-8-2-6-22-26)4-1-5-21(29)25-11-13-31-19(15-25)17-27-9-3-7-23-27/h2-3,6-9,18-19H,1,4-5,10-17H2. The number of hydrogen-bond acceptors (Lipinski definition) is 6. The lowest BCUT2D eigenvalue weighted by Crippen LogP contribution is -2.47. The van der Waals surface area contributed by atoms with Crippen molar-refractivity contribution in [2.75, 3.05) is 39.4 Å². The third-order valence-electron chi connectivity index (χ3n) is 5.66. The fraction of sp³-hybridized carbons (Fsp3) is 0.619. The van der Waals surface area contributed by atoms with E-state index in [0.717, 1.165) is 0 Å². The molecule has 2 amide bonds. The van der Waals surface area contributed by atoms with Gasteiger partial charge in [0.2, 0.25) is 11.8 Å². The van der Waals surface area contributed by atoms with Gasteiger partial charge < -0.3 is 19.3 Å². The molecule has 2 atom stereocenters. The Labute approximate surface area is 181 Å². The summed E-state index contributed by atoms with van der Waals surface area (Å²) in [7, 11) is 0. The lowest BCUT2D eigenvalue weighted by atomic mass is 10.1. The zero-order chi connectivity index (χ0) is 21.5. The Morgan fingerprint density at radius 1 is 0.806 bits per heavy atom. The van der Waals surface area contributed by atoms with Crippen molar-refractivity contribution in [1.29, 1.82) is 0 Å². The largest absolute Gasteiger partial charge is 0.373 e. The highest BCUT2D eigenvalue weighted by Crippen LogP contribution is 2.13. The fourth-order valence-electron chi connectivity index (χ4n) is 4.05. The minimum Gasteiger partial charge on any atom is -0.373 e. The maximum atomic E-state index is 12.6. The molecule has 10 heteroatoms. The van der Waals surface area contributed by atoms with Gasteiger partial charge >= 0.3 is 0 Å². The third kappa shape index (κ3) is 6.14. The van der Waals surface area contributed by atoms with Gasteiger partial charge in [0.15, 0.2) is 0 Å². The predicted molar refractivity (Wildman–Crippen MR) is 111 cm³/mol.